The van der Waals surface area contributed by atoms with Gasteiger partial charge in [0.1, 0.15) is 0 Å². The molecule has 0 aromatic carbocycles. The molecule has 1 saturated heterocycles. The Bertz CT molecular complexity index is 378. The zero-order chi connectivity index (χ0) is 13.0. The van der Waals surface area contributed by atoms with E-state index in [9.17, 15) is 0 Å². The quantitative estimate of drug-likeness (QED) is 0.870. The molecule has 1 aromatic rings. The lowest BCUT2D eigenvalue weighted by molar-refractivity contribution is -0.0267. The first-order valence-electron chi connectivity index (χ1n) is 6.91. The summed E-state index contributed by atoms with van der Waals surface area (Å²) in [4.78, 5) is 4.43. The van der Waals surface area contributed by atoms with Crippen molar-refractivity contribution in [2.45, 2.75) is 64.0 Å². The van der Waals surface area contributed by atoms with Crippen molar-refractivity contribution in [1.29, 1.82) is 0 Å². The minimum Gasteiger partial charge on any atom is -0.378 e. The van der Waals surface area contributed by atoms with E-state index in [-0.39, 0.29) is 6.10 Å². The highest BCUT2D eigenvalue weighted by Gasteiger charge is 2.38. The number of aromatic nitrogens is 2. The first kappa shape index (κ1) is 13.5. The summed E-state index contributed by atoms with van der Waals surface area (Å²) in [6.07, 6.45) is 5.73. The van der Waals surface area contributed by atoms with E-state index in [1.54, 1.807) is 0 Å². The van der Waals surface area contributed by atoms with E-state index < -0.39 is 5.54 Å². The first-order chi connectivity index (χ1) is 8.68. The van der Waals surface area contributed by atoms with Crippen molar-refractivity contribution in [1.82, 2.24) is 10.1 Å². The van der Waals surface area contributed by atoms with E-state index in [4.69, 9.17) is 15.0 Å². The number of hydrogen-bond acceptors (Lipinski definition) is 5. The van der Waals surface area contributed by atoms with Crippen LogP contribution >= 0.6 is 0 Å². The van der Waals surface area contributed by atoms with Crippen LogP contribution in [-0.2, 0) is 16.7 Å². The van der Waals surface area contributed by atoms with Crippen molar-refractivity contribution in [3.05, 3.63) is 11.7 Å². The molecule has 18 heavy (non-hydrogen) atoms. The summed E-state index contributed by atoms with van der Waals surface area (Å²) in [6.45, 7) is 4.93. The Morgan fingerprint density at radius 3 is 2.94 bits per heavy atom. The Labute approximate surface area is 108 Å². The number of ether oxygens (including phenoxy) is 1. The Morgan fingerprint density at radius 1 is 1.39 bits per heavy atom. The zero-order valence-corrected chi connectivity index (χ0v) is 11.3. The van der Waals surface area contributed by atoms with Crippen LogP contribution < -0.4 is 5.73 Å². The van der Waals surface area contributed by atoms with Crippen LogP contribution in [0.3, 0.4) is 0 Å². The molecule has 5 heteroatoms. The van der Waals surface area contributed by atoms with Crippen molar-refractivity contribution >= 4 is 0 Å². The van der Waals surface area contributed by atoms with Gasteiger partial charge in [-0.1, -0.05) is 25.4 Å². The molecule has 1 aromatic heterocycles. The number of nitrogens with two attached hydrogens (primary N) is 1. The molecule has 0 radical (unpaired) electrons. The molecule has 5 nitrogen and oxygen atoms in total. The van der Waals surface area contributed by atoms with Crippen LogP contribution in [0.1, 0.15) is 57.7 Å². The third-order valence-corrected chi connectivity index (χ3v) is 3.48. The third kappa shape index (κ3) is 2.90. The minimum absolute atomic E-state index is 0.224. The lowest BCUT2D eigenvalue weighted by Gasteiger charge is -2.35. The molecule has 2 atom stereocenters. The summed E-state index contributed by atoms with van der Waals surface area (Å²) in [5, 5.41) is 4.06. The molecule has 2 rings (SSSR count). The average molecular weight is 253 g/mol. The van der Waals surface area contributed by atoms with Gasteiger partial charge in [-0.15, -0.1) is 0 Å². The van der Waals surface area contributed by atoms with Crippen LogP contribution in [0.4, 0.5) is 0 Å². The van der Waals surface area contributed by atoms with Crippen LogP contribution in [0, 0.1) is 0 Å². The number of hydrogen-bond donors (Lipinski definition) is 1. The monoisotopic (exact) mass is 253 g/mol. The Hall–Kier alpha value is -0.940. The van der Waals surface area contributed by atoms with Crippen LogP contribution in [-0.4, -0.2) is 22.9 Å². The second-order valence-electron chi connectivity index (χ2n) is 5.15. The lowest BCUT2D eigenvalue weighted by Crippen LogP contribution is -2.46. The summed E-state index contributed by atoms with van der Waals surface area (Å²) in [5.41, 5.74) is 5.97. The highest BCUT2D eigenvalue weighted by Crippen LogP contribution is 2.32. The van der Waals surface area contributed by atoms with Crippen molar-refractivity contribution in [2.75, 3.05) is 6.61 Å². The summed E-state index contributed by atoms with van der Waals surface area (Å²) in [6, 6.07) is 0. The van der Waals surface area contributed by atoms with Gasteiger partial charge in [0.25, 0.3) is 0 Å². The van der Waals surface area contributed by atoms with E-state index in [1.807, 2.05) is 0 Å². The van der Waals surface area contributed by atoms with Crippen molar-refractivity contribution < 1.29 is 9.26 Å². The third-order valence-electron chi connectivity index (χ3n) is 3.48. The Morgan fingerprint density at radius 2 is 2.22 bits per heavy atom. The highest BCUT2D eigenvalue weighted by molar-refractivity contribution is 5.06. The van der Waals surface area contributed by atoms with Crippen LogP contribution in [0.15, 0.2) is 4.52 Å². The molecule has 2 unspecified atom stereocenters. The smallest absolute Gasteiger partial charge is 0.226 e. The van der Waals surface area contributed by atoms with Gasteiger partial charge < -0.3 is 15.0 Å². The van der Waals surface area contributed by atoms with Gasteiger partial charge in [0.2, 0.25) is 5.89 Å². The standard InChI is InChI=1S/C13H23N3O2/c1-3-5-10-9-13(14,7-8-17-10)12-15-11(6-4-2)18-16-12/h10H,3-9,14H2,1-2H3. The largest absolute Gasteiger partial charge is 0.378 e. The SMILES string of the molecule is CCCc1nc(C2(N)CCOC(CCC)C2)no1. The topological polar surface area (TPSA) is 74.2 Å². The van der Waals surface area contributed by atoms with Gasteiger partial charge in [-0.2, -0.15) is 4.98 Å². The van der Waals surface area contributed by atoms with Crippen molar-refractivity contribution in [2.24, 2.45) is 5.73 Å². The second kappa shape index (κ2) is 5.80. The normalized spacial score (nSPS) is 28.5. The summed E-state index contributed by atoms with van der Waals surface area (Å²) in [5.74, 6) is 1.34. The molecule has 0 aliphatic carbocycles. The number of rotatable bonds is 5. The fourth-order valence-electron chi connectivity index (χ4n) is 2.46. The molecule has 1 fully saturated rings. The lowest BCUT2D eigenvalue weighted by atomic mass is 9.85. The molecular formula is C13H23N3O2. The van der Waals surface area contributed by atoms with E-state index in [1.165, 1.54) is 0 Å². The summed E-state index contributed by atoms with van der Waals surface area (Å²) < 4.78 is 11.0. The zero-order valence-electron chi connectivity index (χ0n) is 11.3. The maximum atomic E-state index is 6.45. The number of nitrogens with zero attached hydrogens (tertiary/aromatic N) is 2. The highest BCUT2D eigenvalue weighted by atomic mass is 16.5. The molecule has 2 N–H and O–H groups in total. The Balaban J connectivity index is 2.08. The van der Waals surface area contributed by atoms with Crippen LogP contribution in [0.5, 0.6) is 0 Å². The summed E-state index contributed by atoms with van der Waals surface area (Å²) in [7, 11) is 0. The number of aryl methyl sites for hydroxylation is 1. The predicted octanol–water partition coefficient (Wildman–Crippen LogP) is 2.16. The maximum absolute atomic E-state index is 6.45. The van der Waals surface area contributed by atoms with Gasteiger partial charge in [0.05, 0.1) is 11.6 Å². The van der Waals surface area contributed by atoms with E-state index in [0.717, 1.165) is 38.5 Å². The molecule has 0 amide bonds. The molecule has 0 saturated carbocycles. The average Bonchev–Trinajstić information content (AvgIpc) is 2.79. The molecule has 102 valence electrons. The first-order valence-corrected chi connectivity index (χ1v) is 6.91. The van der Waals surface area contributed by atoms with Gasteiger partial charge >= 0.3 is 0 Å². The molecule has 0 spiro atoms. The Kier molecular flexibility index (Phi) is 4.35. The minimum atomic E-state index is -0.479. The molecule has 1 aliphatic heterocycles. The molecule has 0 bridgehead atoms. The molecular weight excluding hydrogens is 230 g/mol. The van der Waals surface area contributed by atoms with Gasteiger partial charge in [0.15, 0.2) is 5.82 Å². The maximum Gasteiger partial charge on any atom is 0.226 e. The van der Waals surface area contributed by atoms with Crippen LogP contribution in [0.2, 0.25) is 0 Å². The van der Waals surface area contributed by atoms with Crippen molar-refractivity contribution in [3.63, 3.8) is 0 Å². The van der Waals surface area contributed by atoms with E-state index >= 15 is 0 Å². The van der Waals surface area contributed by atoms with Gasteiger partial charge in [-0.25, -0.2) is 0 Å². The van der Waals surface area contributed by atoms with E-state index in [2.05, 4.69) is 24.0 Å². The fraction of sp³-hybridized carbons (Fsp3) is 0.846. The van der Waals surface area contributed by atoms with Gasteiger partial charge in [0, 0.05) is 13.0 Å². The predicted molar refractivity (Wildman–Crippen MR) is 68.0 cm³/mol. The van der Waals surface area contributed by atoms with Crippen molar-refractivity contribution in [3.8, 4) is 0 Å². The van der Waals surface area contributed by atoms with E-state index in [0.29, 0.717) is 18.3 Å². The van der Waals surface area contributed by atoms with Gasteiger partial charge in [-0.3, -0.25) is 0 Å². The van der Waals surface area contributed by atoms with Gasteiger partial charge in [-0.05, 0) is 25.7 Å². The second-order valence-corrected chi connectivity index (χ2v) is 5.15. The molecule has 2 heterocycles. The van der Waals surface area contributed by atoms with Crippen LogP contribution in [0.25, 0.3) is 0 Å². The fourth-order valence-corrected chi connectivity index (χ4v) is 2.46. The molecule has 1 aliphatic rings. The summed E-state index contributed by atoms with van der Waals surface area (Å²) >= 11 is 0.